The summed E-state index contributed by atoms with van der Waals surface area (Å²) in [6.07, 6.45) is 6.94. The van der Waals surface area contributed by atoms with Crippen molar-refractivity contribution in [3.05, 3.63) is 23.9 Å². The van der Waals surface area contributed by atoms with E-state index in [1.807, 2.05) is 31.7 Å². The first-order chi connectivity index (χ1) is 14.7. The van der Waals surface area contributed by atoms with E-state index >= 15 is 0 Å². The number of nitrogens with one attached hydrogen (secondary N) is 2. The highest BCUT2D eigenvalue weighted by atomic mass is 16.2. The minimum Gasteiger partial charge on any atom is -0.368 e. The predicted molar refractivity (Wildman–Crippen MR) is 123 cm³/mol. The number of carbonyl (C=O) groups excluding carboxylic acids is 2. The molecule has 2 aliphatic heterocycles. The molecule has 0 aromatic carbocycles. The summed E-state index contributed by atoms with van der Waals surface area (Å²) in [5.74, 6) is 1.02. The second kappa shape index (κ2) is 9.64. The number of amides is 3. The Morgan fingerprint density at radius 2 is 2.03 bits per heavy atom. The molecule has 2 atom stereocenters. The van der Waals surface area contributed by atoms with Crippen molar-refractivity contribution in [3.8, 4) is 0 Å². The summed E-state index contributed by atoms with van der Waals surface area (Å²) in [7, 11) is 0. The van der Waals surface area contributed by atoms with Crippen LogP contribution in [0.1, 0.15) is 34.1 Å². The van der Waals surface area contributed by atoms with Gasteiger partial charge in [0, 0.05) is 38.4 Å². The lowest BCUT2D eigenvalue weighted by Crippen LogP contribution is -2.55. The average Bonchev–Trinajstić information content (AvgIpc) is 2.72. The van der Waals surface area contributed by atoms with Gasteiger partial charge in [-0.2, -0.15) is 0 Å². The summed E-state index contributed by atoms with van der Waals surface area (Å²) < 4.78 is 0. The molecule has 9 nitrogen and oxygen atoms in total. The fraction of sp³-hybridized carbons (Fsp3) is 0.636. The molecule has 3 rings (SSSR count). The number of aliphatic imine (C=N–C) groups is 2. The first-order valence-corrected chi connectivity index (χ1v) is 11.1. The van der Waals surface area contributed by atoms with Crippen molar-refractivity contribution in [2.24, 2.45) is 27.1 Å². The van der Waals surface area contributed by atoms with Crippen molar-refractivity contribution in [1.29, 1.82) is 0 Å². The van der Waals surface area contributed by atoms with E-state index in [-0.39, 0.29) is 11.9 Å². The van der Waals surface area contributed by atoms with Crippen LogP contribution in [0.15, 0.2) is 33.9 Å². The highest BCUT2D eigenvalue weighted by Crippen LogP contribution is 2.37. The molecule has 2 heterocycles. The Balaban J connectivity index is 1.78. The molecular formula is C22H35N7O2. The lowest BCUT2D eigenvalue weighted by atomic mass is 9.77. The van der Waals surface area contributed by atoms with Crippen molar-refractivity contribution in [2.75, 3.05) is 39.3 Å². The van der Waals surface area contributed by atoms with Crippen LogP contribution in [0.5, 0.6) is 0 Å². The van der Waals surface area contributed by atoms with Crippen LogP contribution in [0.25, 0.3) is 0 Å². The third-order valence-corrected chi connectivity index (χ3v) is 6.08. The number of fused-ring (bicyclic) bond motifs is 1. The van der Waals surface area contributed by atoms with Crippen molar-refractivity contribution in [2.45, 2.75) is 40.2 Å². The molecule has 9 heteroatoms. The molecule has 3 aliphatic rings. The Kier molecular flexibility index (Phi) is 7.15. The predicted octanol–water partition coefficient (Wildman–Crippen LogP) is 1.09. The van der Waals surface area contributed by atoms with Crippen LogP contribution in [0.2, 0.25) is 0 Å². The van der Waals surface area contributed by atoms with Gasteiger partial charge in [0.15, 0.2) is 0 Å². The van der Waals surface area contributed by atoms with Gasteiger partial charge < -0.3 is 21.3 Å². The van der Waals surface area contributed by atoms with Crippen LogP contribution in [-0.2, 0) is 4.79 Å². The summed E-state index contributed by atoms with van der Waals surface area (Å²) >= 11 is 0. The number of urea groups is 1. The average molecular weight is 430 g/mol. The molecule has 170 valence electrons. The summed E-state index contributed by atoms with van der Waals surface area (Å²) in [5.41, 5.74) is 6.25. The van der Waals surface area contributed by atoms with Crippen LogP contribution in [0.3, 0.4) is 0 Å². The fourth-order valence-electron chi connectivity index (χ4n) is 4.09. The van der Waals surface area contributed by atoms with E-state index in [9.17, 15) is 9.59 Å². The molecule has 31 heavy (non-hydrogen) atoms. The number of carbonyl (C=O) groups is 2. The van der Waals surface area contributed by atoms with Gasteiger partial charge in [0.05, 0.1) is 12.0 Å². The van der Waals surface area contributed by atoms with Gasteiger partial charge in [-0.25, -0.2) is 9.79 Å². The largest absolute Gasteiger partial charge is 0.368 e. The number of rotatable bonds is 6. The molecule has 1 aliphatic carbocycles. The Morgan fingerprint density at radius 3 is 2.65 bits per heavy atom. The maximum Gasteiger partial charge on any atom is 0.317 e. The second-order valence-electron chi connectivity index (χ2n) is 8.87. The molecule has 0 spiro atoms. The van der Waals surface area contributed by atoms with Gasteiger partial charge >= 0.3 is 6.03 Å². The van der Waals surface area contributed by atoms with Gasteiger partial charge in [-0.3, -0.25) is 14.7 Å². The minimum absolute atomic E-state index is 0.00366. The van der Waals surface area contributed by atoms with E-state index in [0.717, 1.165) is 31.0 Å². The third-order valence-electron chi connectivity index (χ3n) is 6.08. The molecule has 1 fully saturated rings. The number of nitrogens with two attached hydrogens (primary N) is 1. The van der Waals surface area contributed by atoms with Gasteiger partial charge in [0.1, 0.15) is 17.7 Å². The molecular weight excluding hydrogens is 394 g/mol. The zero-order valence-electron chi connectivity index (χ0n) is 19.0. The van der Waals surface area contributed by atoms with Crippen molar-refractivity contribution in [3.63, 3.8) is 0 Å². The van der Waals surface area contributed by atoms with E-state index in [4.69, 9.17) is 15.7 Å². The number of allylic oxidation sites excluding steroid dienone is 3. The highest BCUT2D eigenvalue weighted by Gasteiger charge is 2.40. The third kappa shape index (κ3) is 5.15. The zero-order valence-corrected chi connectivity index (χ0v) is 19.0. The molecule has 4 N–H and O–H groups in total. The quantitative estimate of drug-likeness (QED) is 0.586. The van der Waals surface area contributed by atoms with Gasteiger partial charge in [0.2, 0.25) is 5.91 Å². The van der Waals surface area contributed by atoms with E-state index in [0.29, 0.717) is 32.0 Å². The first-order valence-electron chi connectivity index (χ1n) is 11.1. The van der Waals surface area contributed by atoms with Crippen LogP contribution in [0.4, 0.5) is 4.79 Å². The molecule has 0 bridgehead atoms. The van der Waals surface area contributed by atoms with Crippen molar-refractivity contribution in [1.82, 2.24) is 20.4 Å². The van der Waals surface area contributed by atoms with E-state index < -0.39 is 17.4 Å². The molecule has 1 saturated heterocycles. The van der Waals surface area contributed by atoms with Gasteiger partial charge in [-0.1, -0.05) is 26.0 Å². The molecule has 3 amide bonds. The SMILES string of the molecule is CCNC(=O)N1CCN(CC2=NC(=N[C@H](C(N)=O)C(C)C)C3(C)CC=CC=C3N2)CC1. The normalized spacial score (nSPS) is 26.1. The van der Waals surface area contributed by atoms with Crippen LogP contribution in [0, 0.1) is 11.3 Å². The molecule has 0 saturated carbocycles. The maximum absolute atomic E-state index is 12.0. The minimum atomic E-state index is -0.609. The standard InChI is InChI=1S/C22H35N7O2/c1-5-24-21(31)29-12-10-28(11-13-29)14-17-25-16-8-6-7-9-22(16,4)20(26-17)27-18(15(2)3)19(23)30/h6-8,15,18H,5,9-14H2,1-4H3,(H2,23,30)(H,24,31)(H,25,26,27)/t18-,22?/m0/s1. The summed E-state index contributed by atoms with van der Waals surface area (Å²) in [6.45, 7) is 12.1. The molecule has 0 aromatic heterocycles. The Hall–Kier alpha value is -2.68. The number of piperazine rings is 1. The van der Waals surface area contributed by atoms with E-state index in [2.05, 4.69) is 34.6 Å². The van der Waals surface area contributed by atoms with Crippen LogP contribution < -0.4 is 16.4 Å². The van der Waals surface area contributed by atoms with E-state index in [1.165, 1.54) is 0 Å². The van der Waals surface area contributed by atoms with Crippen molar-refractivity contribution < 1.29 is 9.59 Å². The number of nitrogens with zero attached hydrogens (tertiary/aromatic N) is 4. The molecule has 0 radical (unpaired) electrons. The monoisotopic (exact) mass is 429 g/mol. The zero-order chi connectivity index (χ0) is 22.6. The van der Waals surface area contributed by atoms with Crippen LogP contribution >= 0.6 is 0 Å². The summed E-state index contributed by atoms with van der Waals surface area (Å²) in [6, 6.07) is -0.617. The Labute approximate surface area is 184 Å². The number of amidine groups is 2. The lowest BCUT2D eigenvalue weighted by Gasteiger charge is -2.40. The molecule has 1 unspecified atom stereocenters. The summed E-state index contributed by atoms with van der Waals surface area (Å²) in [5, 5.41) is 6.34. The van der Waals surface area contributed by atoms with E-state index in [1.54, 1.807) is 0 Å². The Morgan fingerprint density at radius 1 is 1.32 bits per heavy atom. The second-order valence-corrected chi connectivity index (χ2v) is 8.87. The number of hydrogen-bond acceptors (Lipinski definition) is 5. The van der Waals surface area contributed by atoms with Gasteiger partial charge in [-0.15, -0.1) is 0 Å². The fourth-order valence-corrected chi connectivity index (χ4v) is 4.09. The van der Waals surface area contributed by atoms with Crippen LogP contribution in [-0.4, -0.2) is 78.7 Å². The van der Waals surface area contributed by atoms with Crippen molar-refractivity contribution >= 4 is 23.6 Å². The Bertz CT molecular complexity index is 822. The highest BCUT2D eigenvalue weighted by molar-refractivity contribution is 6.06. The smallest absolute Gasteiger partial charge is 0.317 e. The van der Waals surface area contributed by atoms with Gasteiger partial charge in [-0.05, 0) is 32.3 Å². The number of primary amides is 1. The maximum atomic E-state index is 12.0. The van der Waals surface area contributed by atoms with Gasteiger partial charge in [0.25, 0.3) is 0 Å². The molecule has 0 aromatic rings. The first kappa shape index (κ1) is 23.0. The number of hydrogen-bond donors (Lipinski definition) is 3. The lowest BCUT2D eigenvalue weighted by molar-refractivity contribution is -0.120. The summed E-state index contributed by atoms with van der Waals surface area (Å²) in [4.78, 5) is 37.7. The topological polar surface area (TPSA) is 115 Å².